The molecule has 1 aromatic carbocycles. The second-order valence-corrected chi connectivity index (χ2v) is 4.18. The molecule has 0 aliphatic rings. The van der Waals surface area contributed by atoms with E-state index in [1.165, 1.54) is 6.20 Å². The predicted octanol–water partition coefficient (Wildman–Crippen LogP) is 3.66. The maximum absolute atomic E-state index is 11.6. The first-order valence-corrected chi connectivity index (χ1v) is 5.59. The summed E-state index contributed by atoms with van der Waals surface area (Å²) in [6.45, 7) is 2.06. The molecule has 0 fully saturated rings. The summed E-state index contributed by atoms with van der Waals surface area (Å²) in [5.41, 5.74) is 0.935. The molecule has 0 radical (unpaired) electrons. The van der Waals surface area contributed by atoms with E-state index in [0.717, 1.165) is 9.20 Å². The quantitative estimate of drug-likeness (QED) is 0.659. The summed E-state index contributed by atoms with van der Waals surface area (Å²) in [5.74, 6) is -0.428. The molecule has 1 heterocycles. The molecule has 0 aliphatic carbocycles. The molecule has 0 saturated carbocycles. The van der Waals surface area contributed by atoms with Crippen molar-refractivity contribution in [2.24, 2.45) is 0 Å². The molecule has 100 valence electrons. The van der Waals surface area contributed by atoms with Crippen molar-refractivity contribution in [1.29, 1.82) is 0 Å². The molecule has 0 amide bonds. The molecular weight excluding hydrogens is 345 g/mol. The van der Waals surface area contributed by atoms with Crippen LogP contribution in [0.2, 0.25) is 0 Å². The summed E-state index contributed by atoms with van der Waals surface area (Å²) < 4.78 is 6.66. The Kier molecular flexibility index (Phi) is 6.52. The summed E-state index contributed by atoms with van der Waals surface area (Å²) in [4.78, 5) is 11.6. The van der Waals surface area contributed by atoms with Gasteiger partial charge in [-0.15, -0.1) is 24.8 Å². The van der Waals surface area contributed by atoms with Crippen molar-refractivity contribution in [3.63, 3.8) is 0 Å². The van der Waals surface area contributed by atoms with E-state index in [4.69, 9.17) is 4.74 Å². The Bertz CT molecular complexity index is 556. The minimum Gasteiger partial charge on any atom is -0.462 e. The highest BCUT2D eigenvalue weighted by molar-refractivity contribution is 9.10. The van der Waals surface area contributed by atoms with E-state index in [-0.39, 0.29) is 24.8 Å². The summed E-state index contributed by atoms with van der Waals surface area (Å²) in [6.07, 6.45) is 1.36. The van der Waals surface area contributed by atoms with Crippen LogP contribution in [-0.2, 0) is 4.74 Å². The van der Waals surface area contributed by atoms with Gasteiger partial charge >= 0.3 is 5.97 Å². The Morgan fingerprint density at radius 1 is 1.44 bits per heavy atom. The van der Waals surface area contributed by atoms with Gasteiger partial charge in [0.2, 0.25) is 0 Å². The molecule has 1 aromatic heterocycles. The smallest absolute Gasteiger partial charge is 0.340 e. The average Bonchev–Trinajstić information content (AvgIpc) is 2.56. The van der Waals surface area contributed by atoms with Gasteiger partial charge in [-0.1, -0.05) is 22.0 Å². The summed E-state index contributed by atoms with van der Waals surface area (Å²) >= 11 is 3.30. The molecule has 2 rings (SSSR count). The Hall–Kier alpha value is -0.910. The fraction of sp³-hybridized carbons (Fsp3) is 0.182. The van der Waals surface area contributed by atoms with Crippen molar-refractivity contribution in [3.8, 4) is 0 Å². The van der Waals surface area contributed by atoms with E-state index in [9.17, 15) is 10.0 Å². The highest BCUT2D eigenvalue weighted by Crippen LogP contribution is 2.24. The molecule has 0 saturated heterocycles. The lowest BCUT2D eigenvalue weighted by Crippen LogP contribution is -2.03. The number of ether oxygens (including phenoxy) is 1. The zero-order valence-corrected chi connectivity index (χ0v) is 12.6. The van der Waals surface area contributed by atoms with Crippen LogP contribution in [0.5, 0.6) is 0 Å². The molecule has 0 unspecified atom stereocenters. The molecule has 1 N–H and O–H groups in total. The van der Waals surface area contributed by atoms with Crippen molar-refractivity contribution in [1.82, 2.24) is 4.73 Å². The maximum atomic E-state index is 11.6. The number of carbonyl (C=O) groups is 1. The molecule has 0 atom stereocenters. The number of esters is 1. The molecule has 0 aliphatic heterocycles. The normalized spacial score (nSPS) is 9.44. The van der Waals surface area contributed by atoms with Gasteiger partial charge in [0.15, 0.2) is 0 Å². The Morgan fingerprint density at radius 2 is 2.11 bits per heavy atom. The van der Waals surface area contributed by atoms with E-state index >= 15 is 0 Å². The van der Waals surface area contributed by atoms with Gasteiger partial charge in [-0.05, 0) is 19.1 Å². The van der Waals surface area contributed by atoms with Crippen molar-refractivity contribution >= 4 is 57.6 Å². The lowest BCUT2D eigenvalue weighted by Gasteiger charge is -1.99. The zero-order valence-electron chi connectivity index (χ0n) is 9.42. The summed E-state index contributed by atoms with van der Waals surface area (Å²) in [7, 11) is 0. The molecule has 4 nitrogen and oxygen atoms in total. The number of halogens is 3. The minimum absolute atomic E-state index is 0. The topological polar surface area (TPSA) is 51.5 Å². The Labute approximate surface area is 125 Å². The second-order valence-electron chi connectivity index (χ2n) is 3.27. The minimum atomic E-state index is -0.428. The lowest BCUT2D eigenvalue weighted by molar-refractivity contribution is 0.0526. The van der Waals surface area contributed by atoms with Crippen LogP contribution >= 0.6 is 40.7 Å². The monoisotopic (exact) mass is 355 g/mol. The SMILES string of the molecule is CCOC(=O)c1cn(O)c2cc(Br)ccc12.Cl.Cl. The largest absolute Gasteiger partial charge is 0.462 e. The first kappa shape index (κ1) is 17.1. The molecule has 0 spiro atoms. The van der Waals surface area contributed by atoms with Crippen molar-refractivity contribution in [2.75, 3.05) is 6.61 Å². The first-order valence-electron chi connectivity index (χ1n) is 4.80. The van der Waals surface area contributed by atoms with Gasteiger partial charge in [-0.3, -0.25) is 0 Å². The number of nitrogens with zero attached hydrogens (tertiary/aromatic N) is 1. The number of rotatable bonds is 2. The van der Waals surface area contributed by atoms with Crippen LogP contribution in [0.15, 0.2) is 28.9 Å². The van der Waals surface area contributed by atoms with Gasteiger partial charge in [0.25, 0.3) is 0 Å². The third-order valence-corrected chi connectivity index (χ3v) is 2.74. The van der Waals surface area contributed by atoms with Gasteiger partial charge < -0.3 is 9.94 Å². The standard InChI is InChI=1S/C11H10BrNO3.2ClH/c1-2-16-11(14)9-6-13(15)10-5-7(12)3-4-8(9)10;;/h3-6,15H,2H2,1H3;2*1H. The number of hydrogen-bond acceptors (Lipinski definition) is 3. The van der Waals surface area contributed by atoms with Crippen LogP contribution in [0.1, 0.15) is 17.3 Å². The van der Waals surface area contributed by atoms with Crippen LogP contribution in [-0.4, -0.2) is 22.5 Å². The average molecular weight is 357 g/mol. The van der Waals surface area contributed by atoms with Gasteiger partial charge in [-0.25, -0.2) is 4.79 Å². The van der Waals surface area contributed by atoms with Crippen molar-refractivity contribution < 1.29 is 14.7 Å². The third kappa shape index (κ3) is 3.10. The van der Waals surface area contributed by atoms with Gasteiger partial charge in [0.1, 0.15) is 0 Å². The maximum Gasteiger partial charge on any atom is 0.340 e. The zero-order chi connectivity index (χ0) is 11.7. The lowest BCUT2D eigenvalue weighted by atomic mass is 10.2. The molecule has 2 aromatic rings. The van der Waals surface area contributed by atoms with Crippen LogP contribution in [0.4, 0.5) is 0 Å². The summed E-state index contributed by atoms with van der Waals surface area (Å²) in [5, 5.41) is 10.3. The highest BCUT2D eigenvalue weighted by Gasteiger charge is 2.15. The van der Waals surface area contributed by atoms with Gasteiger partial charge in [0.05, 0.1) is 23.9 Å². The molecule has 18 heavy (non-hydrogen) atoms. The number of fused-ring (bicyclic) bond motifs is 1. The number of benzene rings is 1. The molecule has 7 heteroatoms. The number of aromatic nitrogens is 1. The van der Waals surface area contributed by atoms with Gasteiger partial charge in [-0.2, -0.15) is 4.73 Å². The Balaban J connectivity index is 0.00000144. The number of hydrogen-bond donors (Lipinski definition) is 1. The third-order valence-electron chi connectivity index (χ3n) is 2.24. The van der Waals surface area contributed by atoms with Crippen LogP contribution < -0.4 is 0 Å². The number of carbonyl (C=O) groups excluding carboxylic acids is 1. The van der Waals surface area contributed by atoms with Gasteiger partial charge in [0, 0.05) is 9.86 Å². The van der Waals surface area contributed by atoms with Crippen LogP contribution in [0.25, 0.3) is 10.9 Å². The summed E-state index contributed by atoms with van der Waals surface area (Å²) in [6, 6.07) is 5.31. The van der Waals surface area contributed by atoms with Crippen LogP contribution in [0, 0.1) is 0 Å². The van der Waals surface area contributed by atoms with E-state index < -0.39 is 5.97 Å². The second kappa shape index (κ2) is 6.87. The van der Waals surface area contributed by atoms with Crippen molar-refractivity contribution in [3.05, 3.63) is 34.4 Å². The van der Waals surface area contributed by atoms with Crippen molar-refractivity contribution in [2.45, 2.75) is 6.92 Å². The Morgan fingerprint density at radius 3 is 2.72 bits per heavy atom. The fourth-order valence-electron chi connectivity index (χ4n) is 1.55. The molecular formula is C11H12BrCl2NO3. The fourth-order valence-corrected chi connectivity index (χ4v) is 1.90. The van der Waals surface area contributed by atoms with Crippen LogP contribution in [0.3, 0.4) is 0 Å². The van der Waals surface area contributed by atoms with E-state index in [2.05, 4.69) is 15.9 Å². The predicted molar refractivity (Wildman–Crippen MR) is 77.3 cm³/mol. The van der Waals surface area contributed by atoms with E-state index in [1.54, 1.807) is 19.1 Å². The first-order chi connectivity index (χ1) is 7.63. The highest BCUT2D eigenvalue weighted by atomic mass is 79.9. The van der Waals surface area contributed by atoms with E-state index in [1.807, 2.05) is 6.07 Å². The molecule has 0 bridgehead atoms. The van der Waals surface area contributed by atoms with E-state index in [0.29, 0.717) is 23.1 Å².